The van der Waals surface area contributed by atoms with E-state index in [1.54, 1.807) is 18.2 Å². The monoisotopic (exact) mass is 254 g/mol. The number of hydrogen-bond acceptors (Lipinski definition) is 3. The molecule has 0 spiro atoms. The SMILES string of the molecule is NS(=O)(=O)c1ccccc1C1CCCNC1=O. The number of nitrogens with one attached hydrogen (secondary N) is 1. The van der Waals surface area contributed by atoms with Crippen LogP contribution in [0.25, 0.3) is 0 Å². The molecule has 1 heterocycles. The minimum absolute atomic E-state index is 0.0436. The van der Waals surface area contributed by atoms with Crippen molar-refractivity contribution in [1.82, 2.24) is 5.32 Å². The van der Waals surface area contributed by atoms with Gasteiger partial charge in [0.25, 0.3) is 0 Å². The average Bonchev–Trinajstić information content (AvgIpc) is 2.28. The molecule has 1 atom stereocenters. The molecule has 17 heavy (non-hydrogen) atoms. The quantitative estimate of drug-likeness (QED) is 0.797. The first-order valence-corrected chi connectivity index (χ1v) is 6.94. The van der Waals surface area contributed by atoms with Gasteiger partial charge in [0.05, 0.1) is 10.8 Å². The zero-order valence-electron chi connectivity index (χ0n) is 9.22. The van der Waals surface area contributed by atoms with Gasteiger partial charge in [0.1, 0.15) is 0 Å². The first-order valence-electron chi connectivity index (χ1n) is 5.39. The highest BCUT2D eigenvalue weighted by Gasteiger charge is 2.28. The van der Waals surface area contributed by atoms with Crippen LogP contribution in [0.15, 0.2) is 29.2 Å². The molecule has 92 valence electrons. The number of rotatable bonds is 2. The van der Waals surface area contributed by atoms with Gasteiger partial charge in [-0.2, -0.15) is 0 Å². The molecule has 1 aliphatic heterocycles. The Morgan fingerprint density at radius 1 is 1.29 bits per heavy atom. The normalized spacial score (nSPS) is 21.0. The Hall–Kier alpha value is -1.40. The highest BCUT2D eigenvalue weighted by molar-refractivity contribution is 7.89. The van der Waals surface area contributed by atoms with Crippen molar-refractivity contribution in [2.24, 2.45) is 5.14 Å². The van der Waals surface area contributed by atoms with Crippen molar-refractivity contribution in [1.29, 1.82) is 0 Å². The molecule has 0 saturated carbocycles. The van der Waals surface area contributed by atoms with E-state index >= 15 is 0 Å². The molecule has 1 unspecified atom stereocenters. The van der Waals surface area contributed by atoms with Gasteiger partial charge in [-0.1, -0.05) is 18.2 Å². The van der Waals surface area contributed by atoms with Gasteiger partial charge in [0.15, 0.2) is 0 Å². The maximum atomic E-state index is 11.7. The Morgan fingerprint density at radius 3 is 2.65 bits per heavy atom. The van der Waals surface area contributed by atoms with Gasteiger partial charge in [-0.3, -0.25) is 4.79 Å². The summed E-state index contributed by atoms with van der Waals surface area (Å²) in [5.74, 6) is -0.550. The van der Waals surface area contributed by atoms with E-state index in [2.05, 4.69) is 5.32 Å². The zero-order chi connectivity index (χ0) is 12.5. The second-order valence-electron chi connectivity index (χ2n) is 4.07. The molecule has 3 N–H and O–H groups in total. The molecule has 0 aromatic heterocycles. The molecule has 0 bridgehead atoms. The molecule has 2 rings (SSSR count). The van der Waals surface area contributed by atoms with E-state index in [9.17, 15) is 13.2 Å². The predicted molar refractivity (Wildman–Crippen MR) is 62.8 cm³/mol. The molecule has 6 heteroatoms. The minimum atomic E-state index is -3.79. The Morgan fingerprint density at radius 2 is 2.00 bits per heavy atom. The summed E-state index contributed by atoms with van der Waals surface area (Å²) in [6.45, 7) is 0.646. The number of amides is 1. The lowest BCUT2D eigenvalue weighted by Crippen LogP contribution is -2.35. The number of hydrogen-bond donors (Lipinski definition) is 2. The predicted octanol–water partition coefficient (Wildman–Crippen LogP) is 0.328. The third-order valence-corrected chi connectivity index (χ3v) is 3.87. The van der Waals surface area contributed by atoms with Gasteiger partial charge in [0.2, 0.25) is 15.9 Å². The Bertz CT molecular complexity index is 539. The van der Waals surface area contributed by atoms with E-state index < -0.39 is 15.9 Å². The summed E-state index contributed by atoms with van der Waals surface area (Å²) in [6.07, 6.45) is 1.49. The van der Waals surface area contributed by atoms with Crippen molar-refractivity contribution in [2.75, 3.05) is 6.54 Å². The third-order valence-electron chi connectivity index (χ3n) is 2.89. The van der Waals surface area contributed by atoms with E-state index in [0.29, 0.717) is 18.5 Å². The van der Waals surface area contributed by atoms with Crippen LogP contribution in [0.5, 0.6) is 0 Å². The fourth-order valence-electron chi connectivity index (χ4n) is 2.10. The number of primary sulfonamides is 1. The van der Waals surface area contributed by atoms with Crippen LogP contribution in [-0.4, -0.2) is 20.9 Å². The summed E-state index contributed by atoms with van der Waals surface area (Å²) < 4.78 is 22.9. The Kier molecular flexibility index (Phi) is 3.17. The van der Waals surface area contributed by atoms with Crippen LogP contribution in [0, 0.1) is 0 Å². The first kappa shape index (κ1) is 12.1. The van der Waals surface area contributed by atoms with Crippen molar-refractivity contribution in [3.05, 3.63) is 29.8 Å². The van der Waals surface area contributed by atoms with Crippen molar-refractivity contribution in [3.8, 4) is 0 Å². The van der Waals surface area contributed by atoms with Crippen molar-refractivity contribution in [3.63, 3.8) is 0 Å². The molecular weight excluding hydrogens is 240 g/mol. The van der Waals surface area contributed by atoms with Crippen LogP contribution in [0.4, 0.5) is 0 Å². The number of carbonyl (C=O) groups excluding carboxylic acids is 1. The maximum Gasteiger partial charge on any atom is 0.238 e. The van der Waals surface area contributed by atoms with Crippen molar-refractivity contribution >= 4 is 15.9 Å². The third kappa shape index (κ3) is 2.48. The summed E-state index contributed by atoms with van der Waals surface area (Å²) in [5, 5.41) is 7.88. The smallest absolute Gasteiger partial charge is 0.238 e. The number of carbonyl (C=O) groups is 1. The zero-order valence-corrected chi connectivity index (χ0v) is 10.0. The number of sulfonamides is 1. The standard InChI is InChI=1S/C11H14N2O3S/c12-17(15,16)10-6-2-1-4-8(10)9-5-3-7-13-11(9)14/h1-2,4,6,9H,3,5,7H2,(H,13,14)(H2,12,15,16). The van der Waals surface area contributed by atoms with Gasteiger partial charge in [-0.25, -0.2) is 13.6 Å². The van der Waals surface area contributed by atoms with Gasteiger partial charge in [-0.05, 0) is 24.5 Å². The van der Waals surface area contributed by atoms with E-state index in [4.69, 9.17) is 5.14 Å². The second-order valence-corrected chi connectivity index (χ2v) is 5.60. The van der Waals surface area contributed by atoms with Crippen LogP contribution < -0.4 is 10.5 Å². The molecule has 0 aliphatic carbocycles. The molecule has 1 saturated heterocycles. The number of piperidine rings is 1. The van der Waals surface area contributed by atoms with E-state index in [-0.39, 0.29) is 10.8 Å². The van der Waals surface area contributed by atoms with Crippen LogP contribution >= 0.6 is 0 Å². The lowest BCUT2D eigenvalue weighted by atomic mass is 9.91. The van der Waals surface area contributed by atoms with Gasteiger partial charge in [-0.15, -0.1) is 0 Å². The van der Waals surface area contributed by atoms with Crippen molar-refractivity contribution in [2.45, 2.75) is 23.7 Å². The van der Waals surface area contributed by atoms with E-state index in [1.807, 2.05) is 0 Å². The minimum Gasteiger partial charge on any atom is -0.356 e. The lowest BCUT2D eigenvalue weighted by Gasteiger charge is -2.23. The molecule has 1 aromatic rings. The van der Waals surface area contributed by atoms with E-state index in [0.717, 1.165) is 6.42 Å². The fourth-order valence-corrected chi connectivity index (χ4v) is 2.90. The highest BCUT2D eigenvalue weighted by Crippen LogP contribution is 2.28. The Balaban J connectivity index is 2.48. The molecule has 0 radical (unpaired) electrons. The van der Waals surface area contributed by atoms with Crippen LogP contribution in [0.1, 0.15) is 24.3 Å². The fraction of sp³-hybridized carbons (Fsp3) is 0.364. The van der Waals surface area contributed by atoms with E-state index in [1.165, 1.54) is 6.07 Å². The van der Waals surface area contributed by atoms with Gasteiger partial charge >= 0.3 is 0 Å². The molecule has 1 aromatic carbocycles. The molecule has 1 amide bonds. The van der Waals surface area contributed by atoms with Gasteiger partial charge < -0.3 is 5.32 Å². The molecule has 1 aliphatic rings. The van der Waals surface area contributed by atoms with Crippen LogP contribution in [0.2, 0.25) is 0 Å². The number of nitrogens with two attached hydrogens (primary N) is 1. The second kappa shape index (κ2) is 4.46. The molecule has 5 nitrogen and oxygen atoms in total. The highest BCUT2D eigenvalue weighted by atomic mass is 32.2. The van der Waals surface area contributed by atoms with Crippen LogP contribution in [-0.2, 0) is 14.8 Å². The summed E-state index contributed by atoms with van der Waals surface area (Å²) in [6, 6.07) is 6.40. The summed E-state index contributed by atoms with van der Waals surface area (Å²) in [4.78, 5) is 11.8. The average molecular weight is 254 g/mol. The van der Waals surface area contributed by atoms with Gasteiger partial charge in [0, 0.05) is 6.54 Å². The lowest BCUT2D eigenvalue weighted by molar-refractivity contribution is -0.123. The topological polar surface area (TPSA) is 89.3 Å². The summed E-state index contributed by atoms with van der Waals surface area (Å²) in [7, 11) is -3.79. The summed E-state index contributed by atoms with van der Waals surface area (Å²) >= 11 is 0. The van der Waals surface area contributed by atoms with Crippen molar-refractivity contribution < 1.29 is 13.2 Å². The largest absolute Gasteiger partial charge is 0.356 e. The number of benzene rings is 1. The van der Waals surface area contributed by atoms with Crippen LogP contribution in [0.3, 0.4) is 0 Å². The molecule has 1 fully saturated rings. The first-order chi connectivity index (χ1) is 8.00. The Labute approximate surface area is 100 Å². The maximum absolute atomic E-state index is 11.7. The summed E-state index contributed by atoms with van der Waals surface area (Å²) in [5.41, 5.74) is 0.493. The molecular formula is C11H14N2O3S.